The summed E-state index contributed by atoms with van der Waals surface area (Å²) in [6.45, 7) is 4.11. The number of nitrogens with two attached hydrogens (primary N) is 2. The van der Waals surface area contributed by atoms with Crippen molar-refractivity contribution in [1.82, 2.24) is 4.90 Å². The molecular weight excluding hydrogens is 198 g/mol. The number of hydrogen-bond donors (Lipinski definition) is 2. The molecule has 14 heavy (non-hydrogen) atoms. The van der Waals surface area contributed by atoms with Crippen molar-refractivity contribution >= 4 is 23.1 Å². The molecule has 0 spiro atoms. The van der Waals surface area contributed by atoms with Crippen LogP contribution in [0.1, 0.15) is 19.8 Å². The number of amides is 1. The Labute approximate surface area is 89.6 Å². The van der Waals surface area contributed by atoms with Gasteiger partial charge in [-0.05, 0) is 25.9 Å². The van der Waals surface area contributed by atoms with Crippen LogP contribution >= 0.6 is 12.2 Å². The molecule has 0 aromatic rings. The van der Waals surface area contributed by atoms with E-state index < -0.39 is 0 Å². The van der Waals surface area contributed by atoms with Crippen molar-refractivity contribution in [3.05, 3.63) is 0 Å². The Morgan fingerprint density at radius 3 is 2.29 bits per heavy atom. The minimum Gasteiger partial charge on any atom is -0.393 e. The van der Waals surface area contributed by atoms with E-state index in [1.165, 1.54) is 0 Å². The number of thiocarbonyl (C=S) groups is 1. The molecule has 0 aromatic heterocycles. The summed E-state index contributed by atoms with van der Waals surface area (Å²) in [7, 11) is 0. The molecule has 0 unspecified atom stereocenters. The Hall–Kier alpha value is -0.680. The lowest BCUT2D eigenvalue weighted by atomic mass is 9.80. The number of piperidine rings is 1. The highest BCUT2D eigenvalue weighted by Gasteiger charge is 2.32. The summed E-state index contributed by atoms with van der Waals surface area (Å²) in [5, 5.41) is 0. The highest BCUT2D eigenvalue weighted by molar-refractivity contribution is 7.80. The molecule has 1 fully saturated rings. The van der Waals surface area contributed by atoms with Crippen molar-refractivity contribution in [3.63, 3.8) is 0 Å². The Balaban J connectivity index is 2.45. The van der Waals surface area contributed by atoms with E-state index in [2.05, 4.69) is 6.92 Å². The van der Waals surface area contributed by atoms with E-state index in [-0.39, 0.29) is 11.3 Å². The molecule has 0 aliphatic carbocycles. The monoisotopic (exact) mass is 215 g/mol. The van der Waals surface area contributed by atoms with E-state index in [1.54, 1.807) is 0 Å². The molecule has 1 heterocycles. The highest BCUT2D eigenvalue weighted by atomic mass is 32.1. The van der Waals surface area contributed by atoms with Crippen LogP contribution in [-0.2, 0) is 4.79 Å². The third-order valence-electron chi connectivity index (χ3n) is 2.93. The predicted octanol–water partition coefficient (Wildman–Crippen LogP) is -0.140. The molecule has 80 valence electrons. The second kappa shape index (κ2) is 4.23. The van der Waals surface area contributed by atoms with Gasteiger partial charge < -0.3 is 11.5 Å². The maximum atomic E-state index is 10.7. The Morgan fingerprint density at radius 1 is 1.43 bits per heavy atom. The zero-order valence-corrected chi connectivity index (χ0v) is 9.27. The molecule has 1 rings (SSSR count). The molecule has 0 saturated carbocycles. The van der Waals surface area contributed by atoms with E-state index in [0.29, 0.717) is 11.5 Å². The molecule has 1 saturated heterocycles. The normalized spacial score (nSPS) is 21.8. The lowest BCUT2D eigenvalue weighted by Gasteiger charge is -2.38. The van der Waals surface area contributed by atoms with Crippen LogP contribution in [-0.4, -0.2) is 35.4 Å². The SMILES string of the molecule is CC1(C(N)=S)CCN(CC(N)=O)CC1. The van der Waals surface area contributed by atoms with Gasteiger partial charge in [0, 0.05) is 5.41 Å². The van der Waals surface area contributed by atoms with Crippen LogP contribution in [0.15, 0.2) is 0 Å². The van der Waals surface area contributed by atoms with Gasteiger partial charge in [0.1, 0.15) is 0 Å². The van der Waals surface area contributed by atoms with Crippen LogP contribution in [0, 0.1) is 5.41 Å². The maximum absolute atomic E-state index is 10.7. The number of hydrogen-bond acceptors (Lipinski definition) is 3. The van der Waals surface area contributed by atoms with Gasteiger partial charge in [-0.25, -0.2) is 0 Å². The molecule has 0 atom stereocenters. The number of rotatable bonds is 3. The van der Waals surface area contributed by atoms with Gasteiger partial charge in [-0.1, -0.05) is 19.1 Å². The van der Waals surface area contributed by atoms with E-state index in [9.17, 15) is 4.79 Å². The fourth-order valence-electron chi connectivity index (χ4n) is 1.67. The van der Waals surface area contributed by atoms with Gasteiger partial charge in [-0.2, -0.15) is 0 Å². The average molecular weight is 215 g/mol. The summed E-state index contributed by atoms with van der Waals surface area (Å²) in [5.74, 6) is -0.274. The van der Waals surface area contributed by atoms with E-state index in [1.807, 2.05) is 4.90 Å². The van der Waals surface area contributed by atoms with E-state index in [0.717, 1.165) is 25.9 Å². The minimum absolute atomic E-state index is 0.0382. The van der Waals surface area contributed by atoms with Crippen LogP contribution in [0.5, 0.6) is 0 Å². The fraction of sp³-hybridized carbons (Fsp3) is 0.778. The van der Waals surface area contributed by atoms with Crippen LogP contribution in [0.4, 0.5) is 0 Å². The lowest BCUT2D eigenvalue weighted by molar-refractivity contribution is -0.119. The van der Waals surface area contributed by atoms with E-state index in [4.69, 9.17) is 23.7 Å². The first-order valence-electron chi connectivity index (χ1n) is 4.74. The second-order valence-corrected chi connectivity index (χ2v) is 4.61. The average Bonchev–Trinajstić information content (AvgIpc) is 2.08. The van der Waals surface area contributed by atoms with Gasteiger partial charge in [-0.3, -0.25) is 9.69 Å². The number of carbonyl (C=O) groups excluding carboxylic acids is 1. The van der Waals surface area contributed by atoms with E-state index >= 15 is 0 Å². The van der Waals surface area contributed by atoms with Gasteiger partial charge in [0.05, 0.1) is 11.5 Å². The van der Waals surface area contributed by atoms with Gasteiger partial charge in [0.2, 0.25) is 5.91 Å². The summed E-state index contributed by atoms with van der Waals surface area (Å²) in [6, 6.07) is 0. The third kappa shape index (κ3) is 2.65. The van der Waals surface area contributed by atoms with Crippen molar-refractivity contribution in [2.24, 2.45) is 16.9 Å². The Morgan fingerprint density at radius 2 is 1.93 bits per heavy atom. The molecular formula is C9H17N3OS. The first kappa shape index (κ1) is 11.4. The lowest BCUT2D eigenvalue weighted by Crippen LogP contribution is -2.46. The molecule has 5 heteroatoms. The molecule has 0 aromatic carbocycles. The number of likely N-dealkylation sites (tertiary alicyclic amines) is 1. The predicted molar refractivity (Wildman–Crippen MR) is 59.8 cm³/mol. The van der Waals surface area contributed by atoms with Gasteiger partial charge >= 0.3 is 0 Å². The van der Waals surface area contributed by atoms with Crippen LogP contribution in [0.25, 0.3) is 0 Å². The molecule has 4 N–H and O–H groups in total. The highest BCUT2D eigenvalue weighted by Crippen LogP contribution is 2.30. The first-order valence-corrected chi connectivity index (χ1v) is 5.15. The zero-order valence-electron chi connectivity index (χ0n) is 8.45. The third-order valence-corrected chi connectivity index (χ3v) is 3.43. The summed E-state index contributed by atoms with van der Waals surface area (Å²) in [5.41, 5.74) is 10.8. The van der Waals surface area contributed by atoms with Gasteiger partial charge in [0.25, 0.3) is 0 Å². The maximum Gasteiger partial charge on any atom is 0.231 e. The molecule has 1 aliphatic heterocycles. The number of primary amides is 1. The Bertz CT molecular complexity index is 246. The molecule has 1 amide bonds. The quantitative estimate of drug-likeness (QED) is 0.643. The topological polar surface area (TPSA) is 72.3 Å². The minimum atomic E-state index is -0.274. The summed E-state index contributed by atoms with van der Waals surface area (Å²) >= 11 is 5.02. The summed E-state index contributed by atoms with van der Waals surface area (Å²) in [6.07, 6.45) is 1.82. The van der Waals surface area contributed by atoms with Crippen LogP contribution in [0.2, 0.25) is 0 Å². The number of carbonyl (C=O) groups is 1. The van der Waals surface area contributed by atoms with Crippen molar-refractivity contribution in [1.29, 1.82) is 0 Å². The first-order chi connectivity index (χ1) is 6.44. The van der Waals surface area contributed by atoms with Crippen molar-refractivity contribution in [3.8, 4) is 0 Å². The molecule has 1 aliphatic rings. The summed E-state index contributed by atoms with van der Waals surface area (Å²) in [4.78, 5) is 13.3. The van der Waals surface area contributed by atoms with Crippen LogP contribution < -0.4 is 11.5 Å². The Kier molecular flexibility index (Phi) is 3.44. The smallest absolute Gasteiger partial charge is 0.231 e. The van der Waals surface area contributed by atoms with Crippen molar-refractivity contribution < 1.29 is 4.79 Å². The molecule has 0 bridgehead atoms. The van der Waals surface area contributed by atoms with Crippen molar-refractivity contribution in [2.75, 3.05) is 19.6 Å². The standard InChI is InChI=1S/C9H17N3OS/c1-9(8(11)14)2-4-12(5-3-9)6-7(10)13/h2-6H2,1H3,(H2,10,13)(H2,11,14). The van der Waals surface area contributed by atoms with Crippen molar-refractivity contribution in [2.45, 2.75) is 19.8 Å². The molecule has 0 radical (unpaired) electrons. The van der Waals surface area contributed by atoms with Crippen LogP contribution in [0.3, 0.4) is 0 Å². The zero-order chi connectivity index (χ0) is 10.8. The second-order valence-electron chi connectivity index (χ2n) is 4.17. The summed E-state index contributed by atoms with van der Waals surface area (Å²) < 4.78 is 0. The van der Waals surface area contributed by atoms with Gasteiger partial charge in [-0.15, -0.1) is 0 Å². The largest absolute Gasteiger partial charge is 0.393 e. The number of nitrogens with zero attached hydrogens (tertiary/aromatic N) is 1. The fourth-order valence-corrected chi connectivity index (χ4v) is 1.88. The van der Waals surface area contributed by atoms with Gasteiger partial charge in [0.15, 0.2) is 0 Å². The molecule has 4 nitrogen and oxygen atoms in total.